The van der Waals surface area contributed by atoms with Crippen molar-refractivity contribution in [3.05, 3.63) is 74.9 Å². The van der Waals surface area contributed by atoms with Crippen molar-refractivity contribution in [1.29, 1.82) is 0 Å². The number of hydrogen-bond acceptors (Lipinski definition) is 2. The van der Waals surface area contributed by atoms with Crippen molar-refractivity contribution in [3.63, 3.8) is 0 Å². The van der Waals surface area contributed by atoms with Crippen molar-refractivity contribution in [2.45, 2.75) is 13.0 Å². The van der Waals surface area contributed by atoms with Crippen molar-refractivity contribution in [3.8, 4) is 0 Å². The summed E-state index contributed by atoms with van der Waals surface area (Å²) in [6.45, 7) is 0.861. The summed E-state index contributed by atoms with van der Waals surface area (Å²) >= 11 is 5.29. The highest BCUT2D eigenvalue weighted by atomic mass is 79.9. The van der Waals surface area contributed by atoms with E-state index in [0.717, 1.165) is 23.3 Å². The molecule has 0 radical (unpaired) electrons. The van der Waals surface area contributed by atoms with Crippen LogP contribution in [0.4, 0.5) is 0 Å². The molecular weight excluding hydrogens is 320 g/mol. The van der Waals surface area contributed by atoms with Crippen LogP contribution in [0.1, 0.15) is 16.3 Å². The second-order valence-corrected chi connectivity index (χ2v) is 6.31. The quantitative estimate of drug-likeness (QED) is 0.694. The van der Waals surface area contributed by atoms with E-state index in [1.54, 1.807) is 11.3 Å². The highest BCUT2D eigenvalue weighted by molar-refractivity contribution is 9.10. The van der Waals surface area contributed by atoms with Crippen LogP contribution in [0.15, 0.2) is 58.6 Å². The Balaban J connectivity index is 1.80. The molecule has 0 saturated heterocycles. The van der Waals surface area contributed by atoms with Gasteiger partial charge in [0.05, 0.1) is 0 Å². The van der Waals surface area contributed by atoms with Gasteiger partial charge in [0.1, 0.15) is 5.82 Å². The van der Waals surface area contributed by atoms with Crippen LogP contribution in [0.2, 0.25) is 0 Å². The molecule has 0 saturated carbocycles. The van der Waals surface area contributed by atoms with Gasteiger partial charge in [0.25, 0.3) is 0 Å². The summed E-state index contributed by atoms with van der Waals surface area (Å²) < 4.78 is 3.33. The Morgan fingerprint density at radius 2 is 2.16 bits per heavy atom. The molecule has 3 rings (SSSR count). The standard InChI is InChI=1S/C15H13BrN2S/c16-13-4-1-3-12(9-13)11-18-7-6-17-15(18)10-14-5-2-8-19-14/h1-9H,10-11H2. The van der Waals surface area contributed by atoms with E-state index in [1.165, 1.54) is 10.4 Å². The van der Waals surface area contributed by atoms with Crippen LogP contribution in [0, 0.1) is 0 Å². The van der Waals surface area contributed by atoms with Gasteiger partial charge in [-0.05, 0) is 29.1 Å². The van der Waals surface area contributed by atoms with Gasteiger partial charge in [0.2, 0.25) is 0 Å². The summed E-state index contributed by atoms with van der Waals surface area (Å²) in [6.07, 6.45) is 4.82. The van der Waals surface area contributed by atoms with Gasteiger partial charge in [-0.2, -0.15) is 0 Å². The second-order valence-electron chi connectivity index (χ2n) is 4.36. The van der Waals surface area contributed by atoms with Crippen LogP contribution in [-0.2, 0) is 13.0 Å². The average molecular weight is 333 g/mol. The minimum absolute atomic E-state index is 0.861. The molecule has 0 aliphatic rings. The molecule has 0 N–H and O–H groups in total. The zero-order valence-electron chi connectivity index (χ0n) is 10.3. The van der Waals surface area contributed by atoms with E-state index in [9.17, 15) is 0 Å². The summed E-state index contributed by atoms with van der Waals surface area (Å²) in [5, 5.41) is 2.11. The fraction of sp³-hybridized carbons (Fsp3) is 0.133. The third-order valence-electron chi connectivity index (χ3n) is 2.96. The van der Waals surface area contributed by atoms with E-state index in [-0.39, 0.29) is 0 Å². The van der Waals surface area contributed by atoms with Crippen molar-refractivity contribution in [1.82, 2.24) is 9.55 Å². The molecule has 0 atom stereocenters. The van der Waals surface area contributed by atoms with E-state index in [0.29, 0.717) is 0 Å². The molecule has 0 spiro atoms. The third kappa shape index (κ3) is 3.14. The predicted molar refractivity (Wildman–Crippen MR) is 82.6 cm³/mol. The monoisotopic (exact) mass is 332 g/mol. The molecule has 0 fully saturated rings. The first-order valence-corrected chi connectivity index (χ1v) is 7.75. The van der Waals surface area contributed by atoms with E-state index in [2.05, 4.69) is 61.2 Å². The van der Waals surface area contributed by atoms with Gasteiger partial charge in [0.15, 0.2) is 0 Å². The lowest BCUT2D eigenvalue weighted by atomic mass is 10.2. The zero-order chi connectivity index (χ0) is 13.1. The summed E-state index contributed by atoms with van der Waals surface area (Å²) in [6, 6.07) is 12.6. The normalized spacial score (nSPS) is 10.8. The maximum Gasteiger partial charge on any atom is 0.114 e. The van der Waals surface area contributed by atoms with E-state index in [1.807, 2.05) is 18.5 Å². The van der Waals surface area contributed by atoms with Crippen molar-refractivity contribution < 1.29 is 0 Å². The number of rotatable bonds is 4. The Kier molecular flexibility index (Phi) is 3.80. The summed E-state index contributed by atoms with van der Waals surface area (Å²) in [4.78, 5) is 5.82. The number of nitrogens with zero attached hydrogens (tertiary/aromatic N) is 2. The van der Waals surface area contributed by atoms with Gasteiger partial charge in [-0.15, -0.1) is 11.3 Å². The number of aromatic nitrogens is 2. The number of benzene rings is 1. The molecule has 0 aliphatic heterocycles. The molecule has 0 aliphatic carbocycles. The average Bonchev–Trinajstić information content (AvgIpc) is 3.03. The first-order chi connectivity index (χ1) is 9.31. The molecule has 96 valence electrons. The SMILES string of the molecule is Brc1cccc(Cn2ccnc2Cc2cccs2)c1. The number of hydrogen-bond donors (Lipinski definition) is 0. The minimum atomic E-state index is 0.861. The fourth-order valence-electron chi connectivity index (χ4n) is 2.05. The number of halogens is 1. The Bertz CT molecular complexity index is 658. The lowest BCUT2D eigenvalue weighted by Gasteiger charge is -2.07. The van der Waals surface area contributed by atoms with Crippen LogP contribution in [0.3, 0.4) is 0 Å². The molecule has 2 heterocycles. The van der Waals surface area contributed by atoms with Crippen molar-refractivity contribution in [2.75, 3.05) is 0 Å². The van der Waals surface area contributed by atoms with Crippen molar-refractivity contribution >= 4 is 27.3 Å². The predicted octanol–water partition coefficient (Wildman–Crippen LogP) is 4.35. The number of thiophene rings is 1. The minimum Gasteiger partial charge on any atom is -0.330 e. The first-order valence-electron chi connectivity index (χ1n) is 6.08. The molecular formula is C15H13BrN2S. The van der Waals surface area contributed by atoms with E-state index >= 15 is 0 Å². The molecule has 1 aromatic carbocycles. The summed E-state index contributed by atoms with van der Waals surface area (Å²) in [5.41, 5.74) is 1.28. The lowest BCUT2D eigenvalue weighted by molar-refractivity contribution is 0.742. The largest absolute Gasteiger partial charge is 0.330 e. The summed E-state index contributed by atoms with van der Waals surface area (Å²) in [5.74, 6) is 1.11. The Morgan fingerprint density at radius 3 is 2.95 bits per heavy atom. The first kappa shape index (κ1) is 12.6. The van der Waals surface area contributed by atoms with Gasteiger partial charge in [-0.3, -0.25) is 0 Å². The molecule has 0 unspecified atom stereocenters. The zero-order valence-corrected chi connectivity index (χ0v) is 12.7. The van der Waals surface area contributed by atoms with Gasteiger partial charge < -0.3 is 4.57 Å². The summed E-state index contributed by atoms with van der Waals surface area (Å²) in [7, 11) is 0. The molecule has 4 heteroatoms. The molecule has 0 amide bonds. The lowest BCUT2D eigenvalue weighted by Crippen LogP contribution is -2.04. The Hall–Kier alpha value is -1.39. The van der Waals surface area contributed by atoms with Gasteiger partial charge in [-0.25, -0.2) is 4.98 Å². The van der Waals surface area contributed by atoms with Crippen LogP contribution >= 0.6 is 27.3 Å². The fourth-order valence-corrected chi connectivity index (χ4v) is 3.20. The van der Waals surface area contributed by atoms with Gasteiger partial charge in [0, 0.05) is 34.7 Å². The third-order valence-corrected chi connectivity index (χ3v) is 4.33. The number of imidazole rings is 1. The van der Waals surface area contributed by atoms with Gasteiger partial charge >= 0.3 is 0 Å². The maximum absolute atomic E-state index is 4.47. The Labute approximate surface area is 124 Å². The molecule has 0 bridgehead atoms. The Morgan fingerprint density at radius 1 is 1.21 bits per heavy atom. The van der Waals surface area contributed by atoms with E-state index < -0.39 is 0 Å². The van der Waals surface area contributed by atoms with Crippen molar-refractivity contribution in [2.24, 2.45) is 0 Å². The highest BCUT2D eigenvalue weighted by Gasteiger charge is 2.05. The van der Waals surface area contributed by atoms with E-state index in [4.69, 9.17) is 0 Å². The molecule has 2 aromatic heterocycles. The van der Waals surface area contributed by atoms with Crippen LogP contribution in [0.5, 0.6) is 0 Å². The highest BCUT2D eigenvalue weighted by Crippen LogP contribution is 2.16. The maximum atomic E-state index is 4.47. The van der Waals surface area contributed by atoms with Crippen LogP contribution in [0.25, 0.3) is 0 Å². The second kappa shape index (κ2) is 5.72. The van der Waals surface area contributed by atoms with Crippen LogP contribution in [-0.4, -0.2) is 9.55 Å². The molecule has 19 heavy (non-hydrogen) atoms. The van der Waals surface area contributed by atoms with Gasteiger partial charge in [-0.1, -0.05) is 34.1 Å². The van der Waals surface area contributed by atoms with Crippen LogP contribution < -0.4 is 0 Å². The molecule has 3 aromatic rings. The molecule has 2 nitrogen and oxygen atoms in total. The topological polar surface area (TPSA) is 17.8 Å². The smallest absolute Gasteiger partial charge is 0.114 e.